The van der Waals surface area contributed by atoms with Crippen LogP contribution in [0.15, 0.2) is 30.2 Å². The fraction of sp³-hybridized carbons (Fsp3) is 0.529. The summed E-state index contributed by atoms with van der Waals surface area (Å²) < 4.78 is 2.11. The van der Waals surface area contributed by atoms with Gasteiger partial charge in [0.25, 0.3) is 5.91 Å². The van der Waals surface area contributed by atoms with Crippen molar-refractivity contribution >= 4 is 17.2 Å². The number of likely N-dealkylation sites (tertiary alicyclic amines) is 1. The Bertz CT molecular complexity index is 605. The molecule has 1 aliphatic rings. The maximum Gasteiger partial charge on any atom is 0.254 e. The lowest BCUT2D eigenvalue weighted by Gasteiger charge is -2.32. The average Bonchev–Trinajstić information content (AvgIpc) is 3.19. The summed E-state index contributed by atoms with van der Waals surface area (Å²) in [6.45, 7) is 4.87. The molecule has 0 N–H and O–H groups in total. The van der Waals surface area contributed by atoms with E-state index in [-0.39, 0.29) is 5.91 Å². The summed E-state index contributed by atoms with van der Waals surface area (Å²) >= 11 is 1.71. The van der Waals surface area contributed by atoms with Gasteiger partial charge in [-0.1, -0.05) is 13.3 Å². The van der Waals surface area contributed by atoms with Gasteiger partial charge in [0.2, 0.25) is 0 Å². The first-order chi connectivity index (χ1) is 10.8. The molecular weight excluding hydrogens is 294 g/mol. The van der Waals surface area contributed by atoms with Crippen molar-refractivity contribution in [2.45, 2.75) is 39.2 Å². The molecule has 5 heteroatoms. The Morgan fingerprint density at radius 2 is 2.41 bits per heavy atom. The van der Waals surface area contributed by atoms with Gasteiger partial charge >= 0.3 is 0 Å². The first-order valence-corrected chi connectivity index (χ1v) is 8.96. The fourth-order valence-corrected chi connectivity index (χ4v) is 4.11. The van der Waals surface area contributed by atoms with Crippen LogP contribution in [-0.4, -0.2) is 33.4 Å². The van der Waals surface area contributed by atoms with Crippen molar-refractivity contribution in [3.63, 3.8) is 0 Å². The van der Waals surface area contributed by atoms with Crippen molar-refractivity contribution in [2.24, 2.45) is 5.92 Å². The minimum absolute atomic E-state index is 0.203. The van der Waals surface area contributed by atoms with Crippen LogP contribution in [0.25, 0.3) is 0 Å². The third-order valence-electron chi connectivity index (χ3n) is 4.23. The number of thiophene rings is 1. The van der Waals surface area contributed by atoms with Crippen LogP contribution in [0.1, 0.15) is 41.4 Å². The highest BCUT2D eigenvalue weighted by atomic mass is 32.1. The van der Waals surface area contributed by atoms with Crippen LogP contribution in [0.2, 0.25) is 0 Å². The standard InChI is InChI=1S/C17H23N3OS/c1-2-4-16-9-15(12-22-16)17(21)20-7-3-5-14(11-20)10-19-8-6-18-13-19/h6,8-9,12-14H,2-5,7,10-11H2,1H3/t14-/m0/s1. The normalized spacial score (nSPS) is 18.6. The summed E-state index contributed by atoms with van der Waals surface area (Å²) in [5.41, 5.74) is 0.872. The van der Waals surface area contributed by atoms with Crippen LogP contribution < -0.4 is 0 Å². The highest BCUT2D eigenvalue weighted by molar-refractivity contribution is 7.10. The van der Waals surface area contributed by atoms with Gasteiger partial charge in [0, 0.05) is 42.3 Å². The molecule has 1 amide bonds. The number of piperidine rings is 1. The molecule has 0 radical (unpaired) electrons. The minimum Gasteiger partial charge on any atom is -0.338 e. The molecule has 3 rings (SSSR count). The zero-order valence-electron chi connectivity index (χ0n) is 13.1. The van der Waals surface area contributed by atoms with Gasteiger partial charge in [-0.2, -0.15) is 0 Å². The second kappa shape index (κ2) is 7.09. The van der Waals surface area contributed by atoms with E-state index >= 15 is 0 Å². The number of amides is 1. The molecule has 0 aromatic carbocycles. The van der Waals surface area contributed by atoms with E-state index in [9.17, 15) is 4.79 Å². The van der Waals surface area contributed by atoms with Gasteiger partial charge in [-0.25, -0.2) is 4.98 Å². The second-order valence-corrected chi connectivity index (χ2v) is 7.07. The van der Waals surface area contributed by atoms with Crippen molar-refractivity contribution in [3.8, 4) is 0 Å². The molecule has 0 unspecified atom stereocenters. The highest BCUT2D eigenvalue weighted by Gasteiger charge is 2.25. The van der Waals surface area contributed by atoms with Crippen LogP contribution in [0.4, 0.5) is 0 Å². The van der Waals surface area contributed by atoms with Gasteiger partial charge in [0.15, 0.2) is 0 Å². The number of aryl methyl sites for hydroxylation is 1. The van der Waals surface area contributed by atoms with E-state index in [0.29, 0.717) is 5.92 Å². The molecule has 1 fully saturated rings. The number of aromatic nitrogens is 2. The number of imidazole rings is 1. The number of hydrogen-bond donors (Lipinski definition) is 0. The van der Waals surface area contributed by atoms with Gasteiger partial charge < -0.3 is 9.47 Å². The fourth-order valence-electron chi connectivity index (χ4n) is 3.14. The lowest BCUT2D eigenvalue weighted by molar-refractivity contribution is 0.0663. The molecule has 0 bridgehead atoms. The second-order valence-electron chi connectivity index (χ2n) is 6.07. The van der Waals surface area contributed by atoms with Crippen molar-refractivity contribution in [2.75, 3.05) is 13.1 Å². The van der Waals surface area contributed by atoms with Crippen molar-refractivity contribution < 1.29 is 4.79 Å². The largest absolute Gasteiger partial charge is 0.338 e. The third-order valence-corrected chi connectivity index (χ3v) is 5.23. The third kappa shape index (κ3) is 3.58. The summed E-state index contributed by atoms with van der Waals surface area (Å²) in [6, 6.07) is 2.08. The minimum atomic E-state index is 0.203. The van der Waals surface area contributed by atoms with Gasteiger partial charge in [0.05, 0.1) is 11.9 Å². The van der Waals surface area contributed by atoms with Gasteiger partial charge in [0.1, 0.15) is 0 Å². The molecule has 0 spiro atoms. The van der Waals surface area contributed by atoms with E-state index in [1.165, 1.54) is 11.3 Å². The molecule has 1 atom stereocenters. The van der Waals surface area contributed by atoms with Gasteiger partial charge in [-0.05, 0) is 31.2 Å². The predicted molar refractivity (Wildman–Crippen MR) is 89.2 cm³/mol. The Labute approximate surface area is 135 Å². The van der Waals surface area contributed by atoms with E-state index < -0.39 is 0 Å². The van der Waals surface area contributed by atoms with E-state index in [1.807, 2.05) is 29.0 Å². The molecule has 118 valence electrons. The Morgan fingerprint density at radius 3 is 3.18 bits per heavy atom. The maximum absolute atomic E-state index is 12.7. The van der Waals surface area contributed by atoms with Crippen LogP contribution in [0, 0.1) is 5.92 Å². The first kappa shape index (κ1) is 15.3. The zero-order chi connectivity index (χ0) is 15.4. The molecule has 0 saturated carbocycles. The molecule has 0 aliphatic carbocycles. The van der Waals surface area contributed by atoms with Crippen molar-refractivity contribution in [1.82, 2.24) is 14.5 Å². The summed E-state index contributed by atoms with van der Waals surface area (Å²) in [4.78, 5) is 20.1. The monoisotopic (exact) mass is 317 g/mol. The van der Waals surface area contributed by atoms with E-state index in [1.54, 1.807) is 11.3 Å². The summed E-state index contributed by atoms with van der Waals surface area (Å²) in [5.74, 6) is 0.731. The van der Waals surface area contributed by atoms with Gasteiger partial charge in [-0.15, -0.1) is 11.3 Å². The topological polar surface area (TPSA) is 38.1 Å². The summed E-state index contributed by atoms with van der Waals surface area (Å²) in [5, 5.41) is 2.02. The SMILES string of the molecule is CCCc1cc(C(=O)N2CCC[C@@H](Cn3ccnc3)C2)cs1. The molecular formula is C17H23N3OS. The van der Waals surface area contributed by atoms with E-state index in [2.05, 4.69) is 22.5 Å². The zero-order valence-corrected chi connectivity index (χ0v) is 13.9. The summed E-state index contributed by atoms with van der Waals surface area (Å²) in [7, 11) is 0. The molecule has 22 heavy (non-hydrogen) atoms. The number of carbonyl (C=O) groups excluding carboxylic acids is 1. The molecule has 4 nitrogen and oxygen atoms in total. The lowest BCUT2D eigenvalue weighted by atomic mass is 9.97. The quantitative estimate of drug-likeness (QED) is 0.847. The summed E-state index contributed by atoms with van der Waals surface area (Å²) in [6.07, 6.45) is 10.1. The Morgan fingerprint density at radius 1 is 1.50 bits per heavy atom. The Hall–Kier alpha value is -1.62. The Kier molecular flexibility index (Phi) is 4.93. The van der Waals surface area contributed by atoms with Crippen LogP contribution in [0.5, 0.6) is 0 Å². The van der Waals surface area contributed by atoms with Crippen LogP contribution >= 0.6 is 11.3 Å². The number of nitrogens with zero attached hydrogens (tertiary/aromatic N) is 3. The Balaban J connectivity index is 1.61. The van der Waals surface area contributed by atoms with Gasteiger partial charge in [-0.3, -0.25) is 4.79 Å². The number of carbonyl (C=O) groups is 1. The predicted octanol–water partition coefficient (Wildman–Crippen LogP) is 3.45. The lowest BCUT2D eigenvalue weighted by Crippen LogP contribution is -2.40. The highest BCUT2D eigenvalue weighted by Crippen LogP contribution is 2.23. The molecule has 1 aliphatic heterocycles. The van der Waals surface area contributed by atoms with Crippen LogP contribution in [-0.2, 0) is 13.0 Å². The first-order valence-electron chi connectivity index (χ1n) is 8.08. The average molecular weight is 317 g/mol. The number of rotatable bonds is 5. The van der Waals surface area contributed by atoms with Crippen molar-refractivity contribution in [1.29, 1.82) is 0 Å². The van der Waals surface area contributed by atoms with Crippen molar-refractivity contribution in [3.05, 3.63) is 40.6 Å². The number of hydrogen-bond acceptors (Lipinski definition) is 3. The maximum atomic E-state index is 12.7. The van der Waals surface area contributed by atoms with E-state index in [0.717, 1.165) is 44.5 Å². The van der Waals surface area contributed by atoms with E-state index in [4.69, 9.17) is 0 Å². The smallest absolute Gasteiger partial charge is 0.254 e. The molecule has 2 aromatic heterocycles. The molecule has 3 heterocycles. The van der Waals surface area contributed by atoms with Crippen LogP contribution in [0.3, 0.4) is 0 Å². The molecule has 2 aromatic rings. The molecule has 1 saturated heterocycles.